The van der Waals surface area contributed by atoms with Crippen LogP contribution in [-0.2, 0) is 14.8 Å². The first-order valence-electron chi connectivity index (χ1n) is 12.8. The lowest BCUT2D eigenvalue weighted by molar-refractivity contribution is -0.118. The molecule has 1 amide bonds. The van der Waals surface area contributed by atoms with E-state index in [1.807, 2.05) is 49.5 Å². The van der Waals surface area contributed by atoms with Crippen molar-refractivity contribution in [3.63, 3.8) is 0 Å². The summed E-state index contributed by atoms with van der Waals surface area (Å²) in [6.45, 7) is 2.43. The SMILES string of the molecule is CN1CCN(S(=O)(=O)c2ccc(C(CC3CCCC3)C(=O)Nc3nccc4ccccc34)cc2)CC1.Cl. The molecule has 37 heavy (non-hydrogen) atoms. The Hall–Kier alpha value is -2.52. The molecular weight excluding hydrogens is 508 g/mol. The number of benzene rings is 2. The van der Waals surface area contributed by atoms with Crippen LogP contribution >= 0.6 is 12.4 Å². The van der Waals surface area contributed by atoms with Crippen LogP contribution in [0, 0.1) is 5.92 Å². The minimum atomic E-state index is -3.55. The van der Waals surface area contributed by atoms with E-state index >= 15 is 0 Å². The molecule has 1 atom stereocenters. The molecule has 1 unspecified atom stereocenters. The zero-order valence-corrected chi connectivity index (χ0v) is 22.8. The van der Waals surface area contributed by atoms with Gasteiger partial charge in [-0.05, 0) is 48.5 Å². The van der Waals surface area contributed by atoms with Crippen molar-refractivity contribution in [1.29, 1.82) is 0 Å². The predicted molar refractivity (Wildman–Crippen MR) is 150 cm³/mol. The standard InChI is InChI=1S/C28H34N4O3S.ClH/c1-31-16-18-32(19-17-31)36(34,35)24-12-10-23(11-13-24)26(20-21-6-2-3-7-21)28(33)30-27-25-9-5-4-8-22(25)14-15-29-27;/h4-5,8-15,21,26H,2-3,6-7,16-20H2,1H3,(H,29,30,33);1H. The fourth-order valence-electron chi connectivity index (χ4n) is 5.45. The number of likely N-dealkylation sites (N-methyl/N-ethyl adjacent to an activating group) is 1. The van der Waals surface area contributed by atoms with Crippen molar-refractivity contribution in [2.75, 3.05) is 38.5 Å². The maximum atomic E-state index is 13.6. The average Bonchev–Trinajstić information content (AvgIpc) is 3.41. The van der Waals surface area contributed by atoms with Gasteiger partial charge in [0.15, 0.2) is 0 Å². The van der Waals surface area contributed by atoms with Crippen molar-refractivity contribution in [3.05, 3.63) is 66.4 Å². The Balaban J connectivity index is 0.00000320. The first kappa shape index (κ1) is 27.5. The maximum absolute atomic E-state index is 13.6. The van der Waals surface area contributed by atoms with Crippen LogP contribution in [0.1, 0.15) is 43.6 Å². The third-order valence-electron chi connectivity index (χ3n) is 7.66. The van der Waals surface area contributed by atoms with Crippen LogP contribution in [0.2, 0.25) is 0 Å². The molecule has 1 aromatic heterocycles. The van der Waals surface area contributed by atoms with Crippen LogP contribution in [-0.4, -0.2) is 61.7 Å². The highest BCUT2D eigenvalue weighted by Gasteiger charge is 2.30. The number of hydrogen-bond donors (Lipinski definition) is 1. The number of sulfonamides is 1. The molecule has 2 aliphatic rings. The van der Waals surface area contributed by atoms with Gasteiger partial charge in [0, 0.05) is 37.8 Å². The van der Waals surface area contributed by atoms with Crippen molar-refractivity contribution in [1.82, 2.24) is 14.2 Å². The molecule has 1 aliphatic carbocycles. The molecule has 2 heterocycles. The monoisotopic (exact) mass is 542 g/mol. The lowest BCUT2D eigenvalue weighted by Gasteiger charge is -2.31. The van der Waals surface area contributed by atoms with Crippen LogP contribution < -0.4 is 5.32 Å². The Morgan fingerprint density at radius 3 is 2.38 bits per heavy atom. The van der Waals surface area contributed by atoms with Crippen LogP contribution in [0.15, 0.2) is 65.7 Å². The number of hydrogen-bond acceptors (Lipinski definition) is 5. The van der Waals surface area contributed by atoms with Crippen LogP contribution in [0.25, 0.3) is 10.8 Å². The van der Waals surface area contributed by atoms with Gasteiger partial charge in [0.25, 0.3) is 0 Å². The van der Waals surface area contributed by atoms with Gasteiger partial charge in [0.1, 0.15) is 5.82 Å². The molecule has 0 spiro atoms. The number of nitrogens with one attached hydrogen (secondary N) is 1. The zero-order chi connectivity index (χ0) is 25.1. The molecule has 5 rings (SSSR count). The Bertz CT molecular complexity index is 1310. The number of fused-ring (bicyclic) bond motifs is 1. The fourth-order valence-corrected chi connectivity index (χ4v) is 6.87. The third-order valence-corrected chi connectivity index (χ3v) is 9.57. The summed E-state index contributed by atoms with van der Waals surface area (Å²) >= 11 is 0. The number of carbonyl (C=O) groups excluding carboxylic acids is 1. The largest absolute Gasteiger partial charge is 0.310 e. The van der Waals surface area contributed by atoms with Gasteiger partial charge in [-0.15, -0.1) is 12.4 Å². The average molecular weight is 543 g/mol. The highest BCUT2D eigenvalue weighted by atomic mass is 35.5. The molecule has 3 aromatic rings. The van der Waals surface area contributed by atoms with E-state index in [-0.39, 0.29) is 29.1 Å². The number of piperazine rings is 1. The van der Waals surface area contributed by atoms with Gasteiger partial charge in [0.05, 0.1) is 10.8 Å². The van der Waals surface area contributed by atoms with Gasteiger partial charge >= 0.3 is 0 Å². The normalized spacial score (nSPS) is 18.4. The van der Waals surface area contributed by atoms with Gasteiger partial charge in [0.2, 0.25) is 15.9 Å². The molecule has 0 radical (unpaired) electrons. The van der Waals surface area contributed by atoms with Crippen LogP contribution in [0.5, 0.6) is 0 Å². The van der Waals surface area contributed by atoms with E-state index in [9.17, 15) is 13.2 Å². The first-order valence-corrected chi connectivity index (χ1v) is 14.3. The molecular formula is C28H35ClN4O3S. The topological polar surface area (TPSA) is 82.6 Å². The minimum absolute atomic E-state index is 0. The molecule has 2 aromatic carbocycles. The van der Waals surface area contributed by atoms with Gasteiger partial charge in [-0.25, -0.2) is 13.4 Å². The summed E-state index contributed by atoms with van der Waals surface area (Å²) < 4.78 is 27.9. The molecule has 1 saturated heterocycles. The van der Waals surface area contributed by atoms with Crippen molar-refractivity contribution in [3.8, 4) is 0 Å². The summed E-state index contributed by atoms with van der Waals surface area (Å²) in [5.74, 6) is 0.591. The molecule has 7 nitrogen and oxygen atoms in total. The van der Waals surface area contributed by atoms with Crippen LogP contribution in [0.3, 0.4) is 0 Å². The molecule has 1 N–H and O–H groups in total. The maximum Gasteiger partial charge on any atom is 0.243 e. The van der Waals surface area contributed by atoms with E-state index in [0.717, 1.165) is 48.7 Å². The Kier molecular flexibility index (Phi) is 8.85. The van der Waals surface area contributed by atoms with E-state index in [0.29, 0.717) is 24.8 Å². The number of halogens is 1. The molecule has 1 saturated carbocycles. The van der Waals surface area contributed by atoms with E-state index in [4.69, 9.17) is 0 Å². The van der Waals surface area contributed by atoms with E-state index < -0.39 is 10.0 Å². The highest BCUT2D eigenvalue weighted by molar-refractivity contribution is 7.89. The number of anilines is 1. The summed E-state index contributed by atoms with van der Waals surface area (Å²) in [6.07, 6.45) is 7.12. The molecule has 9 heteroatoms. The second-order valence-electron chi connectivity index (χ2n) is 10.1. The number of aromatic nitrogens is 1. The number of rotatable bonds is 7. The van der Waals surface area contributed by atoms with Crippen molar-refractivity contribution in [2.24, 2.45) is 5.92 Å². The minimum Gasteiger partial charge on any atom is -0.310 e. The van der Waals surface area contributed by atoms with Gasteiger partial charge in [-0.3, -0.25) is 4.79 Å². The third kappa shape index (κ3) is 6.14. The Labute approximate surface area is 225 Å². The van der Waals surface area contributed by atoms with Gasteiger partial charge in [-0.1, -0.05) is 62.1 Å². The van der Waals surface area contributed by atoms with Crippen molar-refractivity contribution >= 4 is 44.9 Å². The quantitative estimate of drug-likeness (QED) is 0.459. The lowest BCUT2D eigenvalue weighted by Crippen LogP contribution is -2.47. The smallest absolute Gasteiger partial charge is 0.243 e. The van der Waals surface area contributed by atoms with E-state index in [1.54, 1.807) is 22.6 Å². The second kappa shape index (κ2) is 11.9. The number of amides is 1. The summed E-state index contributed by atoms with van der Waals surface area (Å²) in [5.41, 5.74) is 0.844. The fraction of sp³-hybridized carbons (Fsp3) is 0.429. The van der Waals surface area contributed by atoms with Crippen LogP contribution in [0.4, 0.5) is 5.82 Å². The van der Waals surface area contributed by atoms with Gasteiger partial charge in [-0.2, -0.15) is 4.31 Å². The summed E-state index contributed by atoms with van der Waals surface area (Å²) in [5, 5.41) is 5.00. The number of nitrogens with zero attached hydrogens (tertiary/aromatic N) is 3. The molecule has 198 valence electrons. The molecule has 0 bridgehead atoms. The summed E-state index contributed by atoms with van der Waals surface area (Å²) in [6, 6.07) is 16.8. The van der Waals surface area contributed by atoms with E-state index in [2.05, 4.69) is 15.2 Å². The lowest BCUT2D eigenvalue weighted by atomic mass is 9.87. The Morgan fingerprint density at radius 2 is 1.68 bits per heavy atom. The van der Waals surface area contributed by atoms with Gasteiger partial charge < -0.3 is 10.2 Å². The predicted octanol–water partition coefficient (Wildman–Crippen LogP) is 4.90. The number of pyridine rings is 1. The summed E-state index contributed by atoms with van der Waals surface area (Å²) in [4.78, 5) is 20.5. The highest BCUT2D eigenvalue weighted by Crippen LogP contribution is 2.35. The van der Waals surface area contributed by atoms with Crippen molar-refractivity contribution in [2.45, 2.75) is 42.9 Å². The molecule has 1 aliphatic heterocycles. The molecule has 2 fully saturated rings. The first-order chi connectivity index (χ1) is 17.4. The van der Waals surface area contributed by atoms with E-state index in [1.165, 1.54) is 12.8 Å². The zero-order valence-electron chi connectivity index (χ0n) is 21.2. The number of carbonyl (C=O) groups is 1. The second-order valence-corrected chi connectivity index (χ2v) is 12.0. The van der Waals surface area contributed by atoms with Crippen molar-refractivity contribution < 1.29 is 13.2 Å². The Morgan fingerprint density at radius 1 is 1.00 bits per heavy atom. The summed E-state index contributed by atoms with van der Waals surface area (Å²) in [7, 11) is -1.55.